The molecule has 6 nitrogen and oxygen atoms in total. The highest BCUT2D eigenvalue weighted by molar-refractivity contribution is 8.00. The molecular formula is C15H19N3O3S. The number of amides is 2. The maximum Gasteiger partial charge on any atom is 0.241 e. The topological polar surface area (TPSA) is 93.5 Å². The third kappa shape index (κ3) is 3.43. The van der Waals surface area contributed by atoms with Crippen molar-refractivity contribution in [2.75, 3.05) is 29.6 Å². The molecule has 2 amide bonds. The number of fused-ring (bicyclic) bond motifs is 1. The lowest BCUT2D eigenvalue weighted by molar-refractivity contribution is -0.119. The Balaban J connectivity index is 1.66. The summed E-state index contributed by atoms with van der Waals surface area (Å²) in [7, 11) is 0. The predicted octanol–water partition coefficient (Wildman–Crippen LogP) is 1.42. The lowest BCUT2D eigenvalue weighted by Gasteiger charge is -2.27. The van der Waals surface area contributed by atoms with Crippen LogP contribution in [0.4, 0.5) is 11.4 Å². The van der Waals surface area contributed by atoms with Crippen molar-refractivity contribution in [1.82, 2.24) is 0 Å². The molecule has 0 aliphatic carbocycles. The van der Waals surface area contributed by atoms with Crippen LogP contribution in [0.2, 0.25) is 0 Å². The molecule has 0 radical (unpaired) electrons. The van der Waals surface area contributed by atoms with Crippen molar-refractivity contribution in [3.8, 4) is 0 Å². The van der Waals surface area contributed by atoms with Gasteiger partial charge in [-0.1, -0.05) is 0 Å². The van der Waals surface area contributed by atoms with Crippen LogP contribution in [-0.2, 0) is 14.3 Å². The van der Waals surface area contributed by atoms with E-state index in [1.54, 1.807) is 6.07 Å². The number of anilines is 2. The molecular weight excluding hydrogens is 302 g/mol. The fourth-order valence-electron chi connectivity index (χ4n) is 2.68. The number of thioether (sulfide) groups is 1. The van der Waals surface area contributed by atoms with E-state index in [0.29, 0.717) is 24.7 Å². The van der Waals surface area contributed by atoms with Crippen molar-refractivity contribution in [3.63, 3.8) is 0 Å². The molecule has 2 aliphatic rings. The first-order chi connectivity index (χ1) is 10.6. The molecule has 4 N–H and O–H groups in total. The largest absolute Gasteiger partial charge is 0.381 e. The van der Waals surface area contributed by atoms with Gasteiger partial charge in [-0.2, -0.15) is 0 Å². The molecule has 7 heteroatoms. The fourth-order valence-corrected chi connectivity index (χ4v) is 3.46. The Morgan fingerprint density at radius 1 is 1.41 bits per heavy atom. The molecule has 1 fully saturated rings. The van der Waals surface area contributed by atoms with Crippen molar-refractivity contribution in [2.24, 2.45) is 11.7 Å². The van der Waals surface area contributed by atoms with Crippen molar-refractivity contribution in [1.29, 1.82) is 0 Å². The minimum absolute atomic E-state index is 0.0279. The molecule has 1 aromatic carbocycles. The van der Waals surface area contributed by atoms with Gasteiger partial charge in [-0.15, -0.1) is 11.8 Å². The molecule has 0 spiro atoms. The summed E-state index contributed by atoms with van der Waals surface area (Å²) in [5.41, 5.74) is 7.44. The Hall–Kier alpha value is -1.57. The van der Waals surface area contributed by atoms with Crippen molar-refractivity contribution in [2.45, 2.75) is 23.8 Å². The van der Waals surface area contributed by atoms with Crippen LogP contribution in [0.25, 0.3) is 0 Å². The smallest absolute Gasteiger partial charge is 0.241 e. The van der Waals surface area contributed by atoms with Crippen LogP contribution in [0.3, 0.4) is 0 Å². The lowest BCUT2D eigenvalue weighted by atomic mass is 9.92. The second kappa shape index (κ2) is 6.68. The first-order valence-corrected chi connectivity index (χ1v) is 8.33. The van der Waals surface area contributed by atoms with Crippen LogP contribution in [0, 0.1) is 5.92 Å². The van der Waals surface area contributed by atoms with Crippen molar-refractivity contribution >= 4 is 35.0 Å². The van der Waals surface area contributed by atoms with E-state index in [1.807, 2.05) is 12.1 Å². The van der Waals surface area contributed by atoms with E-state index < -0.39 is 6.04 Å². The van der Waals surface area contributed by atoms with Crippen molar-refractivity contribution < 1.29 is 14.3 Å². The van der Waals surface area contributed by atoms with Gasteiger partial charge in [-0.05, 0) is 37.0 Å². The molecule has 22 heavy (non-hydrogen) atoms. The molecule has 1 aromatic rings. The number of hydrogen-bond acceptors (Lipinski definition) is 5. The van der Waals surface area contributed by atoms with Gasteiger partial charge in [0.15, 0.2) is 0 Å². The molecule has 0 bridgehead atoms. The first-order valence-electron chi connectivity index (χ1n) is 7.34. The van der Waals surface area contributed by atoms with Gasteiger partial charge in [0.1, 0.15) is 0 Å². The molecule has 2 aliphatic heterocycles. The number of nitrogens with one attached hydrogen (secondary N) is 2. The minimum Gasteiger partial charge on any atom is -0.381 e. The maximum atomic E-state index is 12.3. The SMILES string of the molecule is NC(C(=O)Nc1ccc2c(c1)NC(=O)CS2)C1CCOCC1. The number of hydrogen-bond donors (Lipinski definition) is 3. The monoisotopic (exact) mass is 321 g/mol. The number of ether oxygens (including phenoxy) is 1. The summed E-state index contributed by atoms with van der Waals surface area (Å²) in [6.45, 7) is 1.32. The summed E-state index contributed by atoms with van der Waals surface area (Å²) in [5.74, 6) is 0.357. The van der Waals surface area contributed by atoms with E-state index in [2.05, 4.69) is 10.6 Å². The zero-order chi connectivity index (χ0) is 15.5. The van der Waals surface area contributed by atoms with E-state index in [9.17, 15) is 9.59 Å². The Morgan fingerprint density at radius 2 is 2.18 bits per heavy atom. The summed E-state index contributed by atoms with van der Waals surface area (Å²) in [6.07, 6.45) is 1.62. The third-order valence-electron chi connectivity index (χ3n) is 3.96. The number of benzene rings is 1. The van der Waals surface area contributed by atoms with Crippen LogP contribution >= 0.6 is 11.8 Å². The molecule has 2 heterocycles. The van der Waals surface area contributed by atoms with Crippen LogP contribution in [-0.4, -0.2) is 36.8 Å². The highest BCUT2D eigenvalue weighted by Gasteiger charge is 2.26. The van der Waals surface area contributed by atoms with E-state index in [-0.39, 0.29) is 17.7 Å². The summed E-state index contributed by atoms with van der Waals surface area (Å²) in [5, 5.41) is 5.65. The predicted molar refractivity (Wildman–Crippen MR) is 85.9 cm³/mol. The van der Waals surface area contributed by atoms with Crippen LogP contribution in [0.15, 0.2) is 23.1 Å². The Kier molecular flexibility index (Phi) is 4.66. The van der Waals surface area contributed by atoms with E-state index in [4.69, 9.17) is 10.5 Å². The molecule has 1 saturated heterocycles. The minimum atomic E-state index is -0.538. The lowest BCUT2D eigenvalue weighted by Crippen LogP contribution is -2.44. The van der Waals surface area contributed by atoms with Crippen LogP contribution < -0.4 is 16.4 Å². The summed E-state index contributed by atoms with van der Waals surface area (Å²) < 4.78 is 5.29. The van der Waals surface area contributed by atoms with E-state index in [0.717, 1.165) is 23.4 Å². The third-order valence-corrected chi connectivity index (χ3v) is 5.03. The van der Waals surface area contributed by atoms with Gasteiger partial charge < -0.3 is 21.1 Å². The number of rotatable bonds is 3. The molecule has 3 rings (SSSR count). The Labute approximate surface area is 133 Å². The number of carbonyl (C=O) groups is 2. The quantitative estimate of drug-likeness (QED) is 0.783. The summed E-state index contributed by atoms with van der Waals surface area (Å²) in [6, 6.07) is 4.96. The molecule has 118 valence electrons. The molecule has 1 unspecified atom stereocenters. The molecule has 0 aromatic heterocycles. The van der Waals surface area contributed by atoms with Gasteiger partial charge in [0.2, 0.25) is 11.8 Å². The van der Waals surface area contributed by atoms with Crippen LogP contribution in [0.5, 0.6) is 0 Å². The molecule has 0 saturated carbocycles. The van der Waals surface area contributed by atoms with Crippen LogP contribution in [0.1, 0.15) is 12.8 Å². The van der Waals surface area contributed by atoms with E-state index >= 15 is 0 Å². The maximum absolute atomic E-state index is 12.3. The van der Waals surface area contributed by atoms with Gasteiger partial charge in [-0.25, -0.2) is 0 Å². The first kappa shape index (κ1) is 15.3. The number of carbonyl (C=O) groups excluding carboxylic acids is 2. The second-order valence-electron chi connectivity index (χ2n) is 5.51. The van der Waals surface area contributed by atoms with Gasteiger partial charge in [-0.3, -0.25) is 9.59 Å². The zero-order valence-corrected chi connectivity index (χ0v) is 12.9. The zero-order valence-electron chi connectivity index (χ0n) is 12.1. The standard InChI is InChI=1S/C15H19N3O3S/c16-14(9-3-5-21-6-4-9)15(20)17-10-1-2-12-11(7-10)18-13(19)8-22-12/h1-2,7,9,14H,3-6,8,16H2,(H,17,20)(H,18,19). The Morgan fingerprint density at radius 3 is 2.95 bits per heavy atom. The highest BCUT2D eigenvalue weighted by atomic mass is 32.2. The average molecular weight is 321 g/mol. The Bertz CT molecular complexity index is 587. The summed E-state index contributed by atoms with van der Waals surface area (Å²) in [4.78, 5) is 24.7. The van der Waals surface area contributed by atoms with Gasteiger partial charge in [0.25, 0.3) is 0 Å². The van der Waals surface area contributed by atoms with Gasteiger partial charge in [0, 0.05) is 23.8 Å². The highest BCUT2D eigenvalue weighted by Crippen LogP contribution is 2.33. The normalized spacial score (nSPS) is 20.0. The van der Waals surface area contributed by atoms with Gasteiger partial charge in [0.05, 0.1) is 17.5 Å². The summed E-state index contributed by atoms with van der Waals surface area (Å²) >= 11 is 1.49. The number of nitrogens with two attached hydrogens (primary N) is 1. The fraction of sp³-hybridized carbons (Fsp3) is 0.467. The van der Waals surface area contributed by atoms with Gasteiger partial charge >= 0.3 is 0 Å². The van der Waals surface area contributed by atoms with Crippen molar-refractivity contribution in [3.05, 3.63) is 18.2 Å². The second-order valence-corrected chi connectivity index (χ2v) is 6.53. The molecule has 1 atom stereocenters. The average Bonchev–Trinajstić information content (AvgIpc) is 2.54. The van der Waals surface area contributed by atoms with E-state index in [1.165, 1.54) is 11.8 Å².